The average Bonchev–Trinajstić information content (AvgIpc) is 3.24. The number of hydrogen-bond donors (Lipinski definition) is 1. The van der Waals surface area contributed by atoms with Crippen molar-refractivity contribution in [2.75, 3.05) is 37.0 Å². The Labute approximate surface area is 200 Å². The van der Waals surface area contributed by atoms with Crippen molar-refractivity contribution in [2.24, 2.45) is 0 Å². The Kier molecular flexibility index (Phi) is 5.90. The van der Waals surface area contributed by atoms with Crippen LogP contribution in [-0.4, -0.2) is 41.8 Å². The normalized spacial score (nSPS) is 15.0. The molecule has 0 bridgehead atoms. The molecule has 34 heavy (non-hydrogen) atoms. The molecule has 176 valence electrons. The summed E-state index contributed by atoms with van der Waals surface area (Å²) >= 11 is 0. The average molecular weight is 456 g/mol. The fourth-order valence-corrected chi connectivity index (χ4v) is 5.13. The van der Waals surface area contributed by atoms with Crippen LogP contribution < -0.4 is 15.4 Å². The van der Waals surface area contributed by atoms with E-state index in [1.54, 1.807) is 4.52 Å². The SMILES string of the molecule is Cc1[nH]c2c(N3CCCCC3)c(-c3ccccc3)nn2c(=O)c1C(C)c1ccc(N(C)C)cc1. The maximum absolute atomic E-state index is 13.9. The minimum absolute atomic E-state index is 0.0455. The van der Waals surface area contributed by atoms with Crippen LogP contribution in [0.5, 0.6) is 0 Å². The summed E-state index contributed by atoms with van der Waals surface area (Å²) in [5.74, 6) is -0.0489. The lowest BCUT2D eigenvalue weighted by Gasteiger charge is -2.28. The van der Waals surface area contributed by atoms with Crippen LogP contribution in [-0.2, 0) is 0 Å². The summed E-state index contributed by atoms with van der Waals surface area (Å²) in [6, 6.07) is 18.6. The largest absolute Gasteiger partial charge is 0.378 e. The second-order valence-electron chi connectivity index (χ2n) is 9.55. The van der Waals surface area contributed by atoms with Crippen LogP contribution in [0, 0.1) is 6.92 Å². The fraction of sp³-hybridized carbons (Fsp3) is 0.357. The Balaban J connectivity index is 1.67. The molecule has 0 aliphatic carbocycles. The molecule has 1 aliphatic rings. The molecule has 1 fully saturated rings. The smallest absolute Gasteiger partial charge is 0.278 e. The van der Waals surface area contributed by atoms with Gasteiger partial charge in [-0.25, -0.2) is 0 Å². The van der Waals surface area contributed by atoms with E-state index < -0.39 is 0 Å². The molecular weight excluding hydrogens is 422 g/mol. The number of benzene rings is 2. The van der Waals surface area contributed by atoms with Gasteiger partial charge in [0.15, 0.2) is 5.65 Å². The summed E-state index contributed by atoms with van der Waals surface area (Å²) < 4.78 is 1.60. The van der Waals surface area contributed by atoms with Crippen molar-refractivity contribution in [3.8, 4) is 11.3 Å². The third-order valence-corrected chi connectivity index (χ3v) is 7.06. The molecule has 1 atom stereocenters. The highest BCUT2D eigenvalue weighted by Gasteiger charge is 2.26. The van der Waals surface area contributed by atoms with Crippen LogP contribution >= 0.6 is 0 Å². The molecule has 6 nitrogen and oxygen atoms in total. The Hall–Kier alpha value is -3.54. The number of H-pyrrole nitrogens is 1. The standard InChI is InChI=1S/C28H33N5O/c1-19(21-13-15-23(16-14-21)31(3)4)24-20(2)29-27-26(32-17-9-6-10-18-32)25(30-33(27)28(24)34)22-11-7-5-8-12-22/h5,7-8,11-16,19,29H,6,9-10,17-18H2,1-4H3. The van der Waals surface area contributed by atoms with Crippen LogP contribution in [0.1, 0.15) is 48.9 Å². The summed E-state index contributed by atoms with van der Waals surface area (Å²) in [6.07, 6.45) is 3.57. The lowest BCUT2D eigenvalue weighted by Crippen LogP contribution is -2.30. The molecule has 6 heteroatoms. The third kappa shape index (κ3) is 3.87. The van der Waals surface area contributed by atoms with Gasteiger partial charge >= 0.3 is 0 Å². The van der Waals surface area contributed by atoms with E-state index in [-0.39, 0.29) is 11.5 Å². The molecule has 1 unspecified atom stereocenters. The molecule has 0 spiro atoms. The molecule has 0 radical (unpaired) electrons. The number of nitrogens with zero attached hydrogens (tertiary/aromatic N) is 4. The highest BCUT2D eigenvalue weighted by molar-refractivity contribution is 5.86. The topological polar surface area (TPSA) is 56.6 Å². The van der Waals surface area contributed by atoms with E-state index in [2.05, 4.69) is 58.1 Å². The summed E-state index contributed by atoms with van der Waals surface area (Å²) in [4.78, 5) is 21.9. The molecule has 1 saturated heterocycles. The van der Waals surface area contributed by atoms with Gasteiger partial charge in [0.05, 0.1) is 0 Å². The zero-order valence-electron chi connectivity index (χ0n) is 20.5. The Bertz CT molecular complexity index is 1350. The minimum atomic E-state index is -0.0489. The number of piperidine rings is 1. The van der Waals surface area contributed by atoms with Gasteiger partial charge in [-0.3, -0.25) is 4.79 Å². The van der Waals surface area contributed by atoms with Crippen LogP contribution in [0.2, 0.25) is 0 Å². The van der Waals surface area contributed by atoms with Gasteiger partial charge in [-0.05, 0) is 43.9 Å². The van der Waals surface area contributed by atoms with E-state index in [0.717, 1.165) is 71.0 Å². The molecule has 3 heterocycles. The number of rotatable bonds is 5. The van der Waals surface area contributed by atoms with E-state index in [1.807, 2.05) is 39.2 Å². The number of fused-ring (bicyclic) bond motifs is 1. The van der Waals surface area contributed by atoms with Crippen molar-refractivity contribution in [2.45, 2.75) is 39.0 Å². The molecule has 1 N–H and O–H groups in total. The van der Waals surface area contributed by atoms with Crippen LogP contribution in [0.3, 0.4) is 0 Å². The monoisotopic (exact) mass is 455 g/mol. The van der Waals surface area contributed by atoms with Crippen molar-refractivity contribution in [3.05, 3.63) is 81.8 Å². The van der Waals surface area contributed by atoms with Gasteiger partial charge in [0, 0.05) is 55.6 Å². The highest BCUT2D eigenvalue weighted by atomic mass is 16.1. The molecule has 1 aliphatic heterocycles. The van der Waals surface area contributed by atoms with Gasteiger partial charge in [-0.15, -0.1) is 0 Å². The number of hydrogen-bond acceptors (Lipinski definition) is 4. The Morgan fingerprint density at radius 1 is 0.971 bits per heavy atom. The second-order valence-corrected chi connectivity index (χ2v) is 9.55. The van der Waals surface area contributed by atoms with Gasteiger partial charge in [-0.1, -0.05) is 49.4 Å². The van der Waals surface area contributed by atoms with E-state index in [9.17, 15) is 4.79 Å². The lowest BCUT2D eigenvalue weighted by molar-refractivity contribution is 0.579. The van der Waals surface area contributed by atoms with Crippen LogP contribution in [0.25, 0.3) is 16.9 Å². The van der Waals surface area contributed by atoms with Crippen molar-refractivity contribution in [1.82, 2.24) is 14.6 Å². The predicted octanol–water partition coefficient (Wildman–Crippen LogP) is 5.21. The zero-order valence-corrected chi connectivity index (χ0v) is 20.5. The first-order chi connectivity index (χ1) is 16.5. The van der Waals surface area contributed by atoms with E-state index in [1.165, 1.54) is 6.42 Å². The minimum Gasteiger partial charge on any atom is -0.378 e. The number of aromatic amines is 1. The number of aryl methyl sites for hydroxylation is 1. The number of anilines is 2. The molecule has 4 aromatic rings. The summed E-state index contributed by atoms with van der Waals surface area (Å²) in [7, 11) is 4.06. The Morgan fingerprint density at radius 3 is 2.29 bits per heavy atom. The highest BCUT2D eigenvalue weighted by Crippen LogP contribution is 2.35. The summed E-state index contributed by atoms with van der Waals surface area (Å²) in [5.41, 5.74) is 7.62. The van der Waals surface area contributed by atoms with Gasteiger partial charge in [0.25, 0.3) is 5.56 Å². The zero-order chi connectivity index (χ0) is 23.8. The molecular formula is C28H33N5O. The first-order valence-corrected chi connectivity index (χ1v) is 12.2. The second kappa shape index (κ2) is 9.01. The van der Waals surface area contributed by atoms with Gasteiger partial charge in [0.1, 0.15) is 11.4 Å². The molecule has 0 amide bonds. The summed E-state index contributed by atoms with van der Waals surface area (Å²) in [6.45, 7) is 6.08. The number of nitrogens with one attached hydrogen (secondary N) is 1. The fourth-order valence-electron chi connectivity index (χ4n) is 5.13. The quantitative estimate of drug-likeness (QED) is 0.449. The van der Waals surface area contributed by atoms with E-state index in [0.29, 0.717) is 0 Å². The van der Waals surface area contributed by atoms with Gasteiger partial charge in [0.2, 0.25) is 0 Å². The van der Waals surface area contributed by atoms with Gasteiger partial charge in [-0.2, -0.15) is 9.61 Å². The first kappa shape index (κ1) is 22.3. The maximum atomic E-state index is 13.9. The van der Waals surface area contributed by atoms with E-state index in [4.69, 9.17) is 5.10 Å². The van der Waals surface area contributed by atoms with Crippen molar-refractivity contribution in [3.63, 3.8) is 0 Å². The van der Waals surface area contributed by atoms with Crippen molar-refractivity contribution in [1.29, 1.82) is 0 Å². The molecule has 0 saturated carbocycles. The van der Waals surface area contributed by atoms with Crippen LogP contribution in [0.15, 0.2) is 59.4 Å². The molecule has 5 rings (SSSR count). The maximum Gasteiger partial charge on any atom is 0.278 e. The predicted molar refractivity (Wildman–Crippen MR) is 140 cm³/mol. The first-order valence-electron chi connectivity index (χ1n) is 12.2. The van der Waals surface area contributed by atoms with Crippen LogP contribution in [0.4, 0.5) is 11.4 Å². The summed E-state index contributed by atoms with van der Waals surface area (Å²) in [5, 5.41) is 4.90. The molecule has 2 aromatic carbocycles. The van der Waals surface area contributed by atoms with Crippen molar-refractivity contribution >= 4 is 17.0 Å². The van der Waals surface area contributed by atoms with Crippen molar-refractivity contribution < 1.29 is 0 Å². The van der Waals surface area contributed by atoms with Gasteiger partial charge < -0.3 is 14.8 Å². The number of aromatic nitrogens is 3. The molecule has 2 aromatic heterocycles. The van der Waals surface area contributed by atoms with E-state index >= 15 is 0 Å². The Morgan fingerprint density at radius 2 is 1.65 bits per heavy atom. The third-order valence-electron chi connectivity index (χ3n) is 7.06. The lowest BCUT2D eigenvalue weighted by atomic mass is 9.92.